The van der Waals surface area contributed by atoms with Gasteiger partial charge in [0, 0.05) is 38.5 Å². The Bertz CT molecular complexity index is 3340. The Labute approximate surface area is 342 Å². The summed E-state index contributed by atoms with van der Waals surface area (Å²) in [6, 6.07) is 81.7. The number of para-hydroxylation sites is 2. The molecular formula is C57H37NO. The van der Waals surface area contributed by atoms with Gasteiger partial charge in [-0.2, -0.15) is 0 Å². The summed E-state index contributed by atoms with van der Waals surface area (Å²) in [5.41, 5.74) is 14.4. The first-order valence-corrected chi connectivity index (χ1v) is 20.3. The molecule has 0 bridgehead atoms. The van der Waals surface area contributed by atoms with E-state index >= 15 is 0 Å². The summed E-state index contributed by atoms with van der Waals surface area (Å²) < 4.78 is 7.05. The standard InChI is InChI=1S/C57H37NO/c1-4-20-39(21-5-1)57(40-22-6-2-7-23-40)52-33-15-14-27-45(52)46-35-34-42(36-53(46)57)58(41-24-8-3-9-25-41)54-37-51-50-32-17-31-48(44-30-16-19-38-18-10-11-26-43(38)44)55(50)59-56(51)49-29-13-12-28-47(49)54/h1-37H. The van der Waals surface area contributed by atoms with E-state index in [1.807, 2.05) is 0 Å². The van der Waals surface area contributed by atoms with Crippen molar-refractivity contribution < 1.29 is 4.42 Å². The van der Waals surface area contributed by atoms with E-state index in [1.165, 1.54) is 49.7 Å². The van der Waals surface area contributed by atoms with E-state index in [9.17, 15) is 0 Å². The van der Waals surface area contributed by atoms with Crippen molar-refractivity contribution in [2.24, 2.45) is 0 Å². The molecule has 0 amide bonds. The summed E-state index contributed by atoms with van der Waals surface area (Å²) in [7, 11) is 0. The summed E-state index contributed by atoms with van der Waals surface area (Å²) in [4.78, 5) is 2.44. The molecule has 2 nitrogen and oxygen atoms in total. The molecule has 0 radical (unpaired) electrons. The molecule has 0 N–H and O–H groups in total. The second-order valence-electron chi connectivity index (χ2n) is 15.6. The van der Waals surface area contributed by atoms with Crippen molar-refractivity contribution in [3.05, 3.63) is 247 Å². The minimum Gasteiger partial charge on any atom is -0.455 e. The first kappa shape index (κ1) is 33.5. The van der Waals surface area contributed by atoms with Crippen LogP contribution in [0.25, 0.3) is 65.7 Å². The molecule has 1 heterocycles. The largest absolute Gasteiger partial charge is 0.455 e. The van der Waals surface area contributed by atoms with Gasteiger partial charge >= 0.3 is 0 Å². The average molecular weight is 752 g/mol. The monoisotopic (exact) mass is 751 g/mol. The van der Waals surface area contributed by atoms with Gasteiger partial charge in [-0.1, -0.05) is 194 Å². The Kier molecular flexibility index (Phi) is 7.48. The topological polar surface area (TPSA) is 16.4 Å². The fourth-order valence-corrected chi connectivity index (χ4v) is 10.0. The highest BCUT2D eigenvalue weighted by atomic mass is 16.3. The third-order valence-electron chi connectivity index (χ3n) is 12.5. The van der Waals surface area contributed by atoms with Crippen LogP contribution in [0.1, 0.15) is 22.3 Å². The van der Waals surface area contributed by atoms with Crippen LogP contribution >= 0.6 is 0 Å². The summed E-state index contributed by atoms with van der Waals surface area (Å²) in [5, 5.41) is 6.82. The second kappa shape index (κ2) is 13.2. The normalized spacial score (nSPS) is 12.9. The molecule has 1 aliphatic rings. The highest BCUT2D eigenvalue weighted by Crippen LogP contribution is 2.57. The number of hydrogen-bond donors (Lipinski definition) is 0. The third kappa shape index (κ3) is 4.93. The van der Waals surface area contributed by atoms with Crippen molar-refractivity contribution in [3.8, 4) is 22.3 Å². The smallest absolute Gasteiger partial charge is 0.143 e. The van der Waals surface area contributed by atoms with Crippen LogP contribution in [0.4, 0.5) is 17.1 Å². The second-order valence-corrected chi connectivity index (χ2v) is 15.6. The Balaban J connectivity index is 1.14. The lowest BCUT2D eigenvalue weighted by Crippen LogP contribution is -2.28. The van der Waals surface area contributed by atoms with E-state index in [0.717, 1.165) is 55.3 Å². The number of hydrogen-bond acceptors (Lipinski definition) is 2. The lowest BCUT2D eigenvalue weighted by atomic mass is 9.67. The lowest BCUT2D eigenvalue weighted by molar-refractivity contribution is 0.674. The zero-order chi connectivity index (χ0) is 38.9. The van der Waals surface area contributed by atoms with E-state index in [2.05, 4.69) is 229 Å². The maximum atomic E-state index is 7.05. The predicted molar refractivity (Wildman–Crippen MR) is 246 cm³/mol. The SMILES string of the molecule is c1ccc(N(c2ccc3c(c2)C(c2ccccc2)(c2ccccc2)c2ccccc2-3)c2cc3c4cccc(-c5cccc6ccccc56)c4oc3c3ccccc23)cc1. The van der Waals surface area contributed by atoms with Crippen LogP contribution < -0.4 is 4.90 Å². The quantitative estimate of drug-likeness (QED) is 0.168. The molecule has 0 saturated heterocycles. The zero-order valence-corrected chi connectivity index (χ0v) is 32.2. The molecule has 1 aromatic heterocycles. The predicted octanol–water partition coefficient (Wildman–Crippen LogP) is 15.4. The Morgan fingerprint density at radius 1 is 0.322 bits per heavy atom. The van der Waals surface area contributed by atoms with E-state index in [0.29, 0.717) is 0 Å². The number of benzene rings is 10. The molecule has 0 unspecified atom stereocenters. The third-order valence-corrected chi connectivity index (χ3v) is 12.5. The minimum absolute atomic E-state index is 0.516. The minimum atomic E-state index is -0.516. The molecule has 0 atom stereocenters. The van der Waals surface area contributed by atoms with Gasteiger partial charge in [0.2, 0.25) is 0 Å². The number of nitrogens with zero attached hydrogens (tertiary/aromatic N) is 1. The highest BCUT2D eigenvalue weighted by molar-refractivity contribution is 6.21. The van der Waals surface area contributed by atoms with Crippen LogP contribution in [0.5, 0.6) is 0 Å². The van der Waals surface area contributed by atoms with Gasteiger partial charge < -0.3 is 9.32 Å². The van der Waals surface area contributed by atoms with Crippen molar-refractivity contribution in [2.75, 3.05) is 4.90 Å². The Morgan fingerprint density at radius 2 is 0.864 bits per heavy atom. The molecule has 1 aliphatic carbocycles. The van der Waals surface area contributed by atoms with Gasteiger partial charge in [-0.15, -0.1) is 0 Å². The number of rotatable bonds is 6. The zero-order valence-electron chi connectivity index (χ0n) is 32.2. The van der Waals surface area contributed by atoms with Gasteiger partial charge in [0.25, 0.3) is 0 Å². The summed E-state index contributed by atoms with van der Waals surface area (Å²) in [5.74, 6) is 0. The number of furan rings is 1. The lowest BCUT2D eigenvalue weighted by Gasteiger charge is -2.35. The molecule has 10 aromatic carbocycles. The Hall–Kier alpha value is -7.68. The van der Waals surface area contributed by atoms with Crippen molar-refractivity contribution in [1.82, 2.24) is 0 Å². The maximum absolute atomic E-state index is 7.05. The molecule has 0 aliphatic heterocycles. The highest BCUT2D eigenvalue weighted by Gasteiger charge is 2.46. The van der Waals surface area contributed by atoms with Gasteiger partial charge in [0.1, 0.15) is 11.2 Å². The number of fused-ring (bicyclic) bond motifs is 9. The van der Waals surface area contributed by atoms with Crippen molar-refractivity contribution in [2.45, 2.75) is 5.41 Å². The van der Waals surface area contributed by atoms with Crippen molar-refractivity contribution in [1.29, 1.82) is 0 Å². The van der Waals surface area contributed by atoms with Gasteiger partial charge in [-0.25, -0.2) is 0 Å². The maximum Gasteiger partial charge on any atom is 0.143 e. The molecule has 11 aromatic rings. The first-order valence-electron chi connectivity index (χ1n) is 20.3. The van der Waals surface area contributed by atoms with Crippen LogP contribution in [0.2, 0.25) is 0 Å². The van der Waals surface area contributed by atoms with E-state index in [-0.39, 0.29) is 0 Å². The van der Waals surface area contributed by atoms with Crippen molar-refractivity contribution >= 4 is 60.5 Å². The molecule has 2 heteroatoms. The molecule has 0 saturated carbocycles. The van der Waals surface area contributed by atoms with Crippen LogP contribution in [-0.2, 0) is 5.41 Å². The van der Waals surface area contributed by atoms with Crippen LogP contribution in [0.15, 0.2) is 229 Å². The van der Waals surface area contributed by atoms with E-state index in [1.54, 1.807) is 0 Å². The average Bonchev–Trinajstić information content (AvgIpc) is 3.84. The van der Waals surface area contributed by atoms with Crippen LogP contribution in [-0.4, -0.2) is 0 Å². The first-order chi connectivity index (χ1) is 29.3. The molecule has 12 rings (SSSR count). The summed E-state index contributed by atoms with van der Waals surface area (Å²) in [6.07, 6.45) is 0. The molecule has 0 fully saturated rings. The van der Waals surface area contributed by atoms with Gasteiger partial charge in [0.15, 0.2) is 0 Å². The number of anilines is 3. The summed E-state index contributed by atoms with van der Waals surface area (Å²) in [6.45, 7) is 0. The van der Waals surface area contributed by atoms with Crippen molar-refractivity contribution in [3.63, 3.8) is 0 Å². The molecule has 0 spiro atoms. The fraction of sp³-hybridized carbons (Fsp3) is 0.0175. The fourth-order valence-electron chi connectivity index (χ4n) is 10.0. The van der Waals surface area contributed by atoms with Crippen LogP contribution in [0.3, 0.4) is 0 Å². The molecular weight excluding hydrogens is 715 g/mol. The van der Waals surface area contributed by atoms with E-state index in [4.69, 9.17) is 4.42 Å². The van der Waals surface area contributed by atoms with Crippen LogP contribution in [0, 0.1) is 0 Å². The van der Waals surface area contributed by atoms with Gasteiger partial charge in [-0.3, -0.25) is 0 Å². The Morgan fingerprint density at radius 3 is 1.64 bits per heavy atom. The molecule has 59 heavy (non-hydrogen) atoms. The molecule has 276 valence electrons. The van der Waals surface area contributed by atoms with Gasteiger partial charge in [-0.05, 0) is 80.0 Å². The van der Waals surface area contributed by atoms with Gasteiger partial charge in [0.05, 0.1) is 11.1 Å². The van der Waals surface area contributed by atoms with E-state index < -0.39 is 5.41 Å². The summed E-state index contributed by atoms with van der Waals surface area (Å²) >= 11 is 0.